The van der Waals surface area contributed by atoms with Crippen molar-refractivity contribution in [2.45, 2.75) is 20.3 Å². The van der Waals surface area contributed by atoms with Crippen LogP contribution in [0.2, 0.25) is 0 Å². The van der Waals surface area contributed by atoms with E-state index in [-0.39, 0.29) is 17.8 Å². The van der Waals surface area contributed by atoms with Crippen LogP contribution in [0.4, 0.5) is 5.95 Å². The summed E-state index contributed by atoms with van der Waals surface area (Å²) in [5.74, 6) is 0.159. The van der Waals surface area contributed by atoms with E-state index >= 15 is 0 Å². The Hall–Kier alpha value is -1.52. The topological polar surface area (TPSA) is 67.8 Å². The molecule has 1 N–H and O–H groups in total. The minimum atomic E-state index is -0.0736. The third-order valence-electron chi connectivity index (χ3n) is 1.78. The van der Waals surface area contributed by atoms with E-state index in [4.69, 9.17) is 0 Å². The highest BCUT2D eigenvalue weighted by Crippen LogP contribution is 2.03. The first-order valence-corrected chi connectivity index (χ1v) is 4.18. The molecule has 0 saturated carbocycles. The molecule has 0 aliphatic carbocycles. The van der Waals surface area contributed by atoms with Gasteiger partial charge in [0.25, 0.3) is 0 Å². The van der Waals surface area contributed by atoms with Crippen LogP contribution in [0.15, 0.2) is 12.4 Å². The molecule has 1 unspecified atom stereocenters. The van der Waals surface area contributed by atoms with E-state index in [0.717, 1.165) is 6.42 Å². The maximum Gasteiger partial charge on any atom is 0.249 e. The molecule has 0 fully saturated rings. The third-order valence-corrected chi connectivity index (χ3v) is 1.78. The molecular weight excluding hydrogens is 168 g/mol. The molecule has 0 bridgehead atoms. The van der Waals surface area contributed by atoms with Gasteiger partial charge in [-0.2, -0.15) is 5.10 Å². The van der Waals surface area contributed by atoms with Gasteiger partial charge in [-0.1, -0.05) is 13.8 Å². The van der Waals surface area contributed by atoms with Gasteiger partial charge < -0.3 is 0 Å². The molecule has 1 heterocycles. The average molecular weight is 180 g/mol. The highest BCUT2D eigenvalue weighted by atomic mass is 16.2. The summed E-state index contributed by atoms with van der Waals surface area (Å²) in [4.78, 5) is 15.2. The lowest BCUT2D eigenvalue weighted by Crippen LogP contribution is -2.21. The van der Waals surface area contributed by atoms with Crippen molar-refractivity contribution in [1.82, 2.24) is 15.2 Å². The second-order valence-corrected chi connectivity index (χ2v) is 2.76. The first kappa shape index (κ1) is 9.57. The van der Waals surface area contributed by atoms with Crippen molar-refractivity contribution < 1.29 is 4.79 Å². The van der Waals surface area contributed by atoms with Crippen molar-refractivity contribution >= 4 is 11.9 Å². The first-order chi connectivity index (χ1) is 6.24. The second-order valence-electron chi connectivity index (χ2n) is 2.76. The number of hydrogen-bond acceptors (Lipinski definition) is 4. The van der Waals surface area contributed by atoms with Gasteiger partial charge in [-0.05, 0) is 6.42 Å². The molecule has 1 amide bonds. The van der Waals surface area contributed by atoms with Crippen LogP contribution in [-0.4, -0.2) is 21.1 Å². The van der Waals surface area contributed by atoms with Crippen LogP contribution in [0.3, 0.4) is 0 Å². The van der Waals surface area contributed by atoms with E-state index in [1.165, 1.54) is 12.4 Å². The number of nitrogens with zero attached hydrogens (tertiary/aromatic N) is 3. The lowest BCUT2D eigenvalue weighted by Gasteiger charge is -2.06. The van der Waals surface area contributed by atoms with Gasteiger partial charge in [0.2, 0.25) is 11.9 Å². The Morgan fingerprint density at radius 1 is 1.62 bits per heavy atom. The molecule has 0 aliphatic rings. The summed E-state index contributed by atoms with van der Waals surface area (Å²) in [6.45, 7) is 3.81. The Labute approximate surface area is 76.6 Å². The quantitative estimate of drug-likeness (QED) is 0.749. The van der Waals surface area contributed by atoms with Crippen molar-refractivity contribution in [2.24, 2.45) is 5.92 Å². The van der Waals surface area contributed by atoms with E-state index in [9.17, 15) is 4.79 Å². The Kier molecular flexibility index (Phi) is 3.31. The molecule has 0 aromatic carbocycles. The number of aromatic nitrogens is 3. The molecule has 1 aromatic rings. The molecule has 5 heteroatoms. The van der Waals surface area contributed by atoms with Gasteiger partial charge in [-0.15, -0.1) is 5.10 Å². The van der Waals surface area contributed by atoms with Crippen LogP contribution >= 0.6 is 0 Å². The number of carbonyl (C=O) groups is 1. The van der Waals surface area contributed by atoms with Crippen molar-refractivity contribution in [2.75, 3.05) is 5.32 Å². The van der Waals surface area contributed by atoms with E-state index in [1.54, 1.807) is 0 Å². The van der Waals surface area contributed by atoms with Gasteiger partial charge in [-0.3, -0.25) is 10.1 Å². The number of nitrogens with one attached hydrogen (secondary N) is 1. The Balaban J connectivity index is 2.55. The summed E-state index contributed by atoms with van der Waals surface area (Å²) >= 11 is 0. The average Bonchev–Trinajstić information content (AvgIpc) is 2.18. The minimum Gasteiger partial charge on any atom is -0.293 e. The van der Waals surface area contributed by atoms with E-state index < -0.39 is 0 Å². The van der Waals surface area contributed by atoms with Gasteiger partial charge in [0, 0.05) is 5.92 Å². The molecule has 0 radical (unpaired) electrons. The molecule has 1 rings (SSSR count). The number of rotatable bonds is 3. The van der Waals surface area contributed by atoms with Crippen LogP contribution in [0, 0.1) is 5.92 Å². The van der Waals surface area contributed by atoms with Crippen LogP contribution in [0.25, 0.3) is 0 Å². The zero-order valence-corrected chi connectivity index (χ0v) is 7.69. The maximum atomic E-state index is 11.3. The maximum absolute atomic E-state index is 11.3. The van der Waals surface area contributed by atoms with Crippen LogP contribution in [-0.2, 0) is 4.79 Å². The zero-order valence-electron chi connectivity index (χ0n) is 7.69. The minimum absolute atomic E-state index is 0.0243. The summed E-state index contributed by atoms with van der Waals surface area (Å²) in [5, 5.41) is 9.81. The van der Waals surface area contributed by atoms with Crippen LogP contribution in [0.5, 0.6) is 0 Å². The summed E-state index contributed by atoms with van der Waals surface area (Å²) < 4.78 is 0. The molecule has 0 saturated heterocycles. The Morgan fingerprint density at radius 3 is 2.92 bits per heavy atom. The fourth-order valence-electron chi connectivity index (χ4n) is 0.724. The van der Waals surface area contributed by atoms with Gasteiger partial charge in [0.05, 0.1) is 12.4 Å². The third kappa shape index (κ3) is 2.77. The molecule has 1 aromatic heterocycles. The highest BCUT2D eigenvalue weighted by Gasteiger charge is 2.11. The summed E-state index contributed by atoms with van der Waals surface area (Å²) in [5.41, 5.74) is 0. The van der Waals surface area contributed by atoms with E-state index in [2.05, 4.69) is 20.5 Å². The van der Waals surface area contributed by atoms with Gasteiger partial charge >= 0.3 is 0 Å². The predicted molar refractivity (Wildman–Crippen MR) is 47.9 cm³/mol. The van der Waals surface area contributed by atoms with Gasteiger partial charge in [-0.25, -0.2) is 4.98 Å². The smallest absolute Gasteiger partial charge is 0.249 e. The molecule has 0 aliphatic heterocycles. The SMILES string of the molecule is CCC(C)C(=O)Nc1nccnn1. The van der Waals surface area contributed by atoms with Crippen molar-refractivity contribution in [1.29, 1.82) is 0 Å². The molecule has 13 heavy (non-hydrogen) atoms. The first-order valence-electron chi connectivity index (χ1n) is 4.18. The fraction of sp³-hybridized carbons (Fsp3) is 0.500. The molecule has 70 valence electrons. The number of hydrogen-bond donors (Lipinski definition) is 1. The monoisotopic (exact) mass is 180 g/mol. The number of amides is 1. The molecule has 5 nitrogen and oxygen atoms in total. The van der Waals surface area contributed by atoms with E-state index in [0.29, 0.717) is 0 Å². The lowest BCUT2D eigenvalue weighted by molar-refractivity contribution is -0.119. The van der Waals surface area contributed by atoms with Crippen molar-refractivity contribution in [3.05, 3.63) is 12.4 Å². The summed E-state index contributed by atoms with van der Waals surface area (Å²) in [7, 11) is 0. The largest absolute Gasteiger partial charge is 0.293 e. The van der Waals surface area contributed by atoms with E-state index in [1.807, 2.05) is 13.8 Å². The van der Waals surface area contributed by atoms with Crippen LogP contribution in [0.1, 0.15) is 20.3 Å². The number of anilines is 1. The number of carbonyl (C=O) groups excluding carboxylic acids is 1. The van der Waals surface area contributed by atoms with Crippen molar-refractivity contribution in [3.8, 4) is 0 Å². The van der Waals surface area contributed by atoms with Gasteiger partial charge in [0.15, 0.2) is 0 Å². The standard InChI is InChI=1S/C8H12N4O/c1-3-6(2)7(13)11-8-9-4-5-10-12-8/h4-6H,3H2,1-2H3,(H,9,11,12,13). The van der Waals surface area contributed by atoms with Crippen molar-refractivity contribution in [3.63, 3.8) is 0 Å². The summed E-state index contributed by atoms with van der Waals surface area (Å²) in [6.07, 6.45) is 3.74. The fourth-order valence-corrected chi connectivity index (χ4v) is 0.724. The second kappa shape index (κ2) is 4.49. The highest BCUT2D eigenvalue weighted by molar-refractivity contribution is 5.90. The predicted octanol–water partition coefficient (Wildman–Crippen LogP) is 0.856. The molecular formula is C8H12N4O. The molecule has 0 spiro atoms. The van der Waals surface area contributed by atoms with Gasteiger partial charge in [0.1, 0.15) is 0 Å². The summed E-state index contributed by atoms with van der Waals surface area (Å²) in [6, 6.07) is 0. The Morgan fingerprint density at radius 2 is 2.38 bits per heavy atom. The molecule has 1 atom stereocenters. The van der Waals surface area contributed by atoms with Crippen LogP contribution < -0.4 is 5.32 Å². The normalized spacial score (nSPS) is 12.2. The lowest BCUT2D eigenvalue weighted by atomic mass is 10.1. The Bertz CT molecular complexity index is 275. The zero-order chi connectivity index (χ0) is 9.68.